The molecule has 1 aromatic rings. The molecule has 1 aromatic carbocycles. The zero-order valence-electron chi connectivity index (χ0n) is 7.66. The summed E-state index contributed by atoms with van der Waals surface area (Å²) in [7, 11) is 0. The molecule has 0 aliphatic heterocycles. The second-order valence-electron chi connectivity index (χ2n) is 3.19. The van der Waals surface area contributed by atoms with Crippen LogP contribution in [-0.2, 0) is 0 Å². The number of aliphatic hydroxyl groups excluding tert-OH is 2. The molecule has 0 aliphatic carbocycles. The molecule has 3 heteroatoms. The normalized spacial score (nSPS) is 15.5. The van der Waals surface area contributed by atoms with E-state index in [1.165, 1.54) is 0 Å². The minimum Gasteiger partial charge on any atom is -0.390 e. The SMILES string of the molecule is Cc1ccc(Br)cc1C(O)C(C)O. The second-order valence-corrected chi connectivity index (χ2v) is 4.10. The fraction of sp³-hybridized carbons (Fsp3) is 0.400. The Kier molecular flexibility index (Phi) is 3.47. The van der Waals surface area contributed by atoms with Gasteiger partial charge in [-0.3, -0.25) is 0 Å². The maximum atomic E-state index is 9.63. The third-order valence-electron chi connectivity index (χ3n) is 2.02. The molecule has 2 nitrogen and oxygen atoms in total. The van der Waals surface area contributed by atoms with Gasteiger partial charge in [-0.2, -0.15) is 0 Å². The van der Waals surface area contributed by atoms with Crippen LogP contribution < -0.4 is 0 Å². The van der Waals surface area contributed by atoms with Gasteiger partial charge in [-0.1, -0.05) is 22.0 Å². The largest absolute Gasteiger partial charge is 0.390 e. The van der Waals surface area contributed by atoms with Crippen molar-refractivity contribution in [3.8, 4) is 0 Å². The Hall–Kier alpha value is -0.380. The highest BCUT2D eigenvalue weighted by Gasteiger charge is 2.15. The van der Waals surface area contributed by atoms with Gasteiger partial charge in [0.1, 0.15) is 6.10 Å². The van der Waals surface area contributed by atoms with E-state index in [0.29, 0.717) is 0 Å². The van der Waals surface area contributed by atoms with Gasteiger partial charge in [-0.05, 0) is 37.1 Å². The molecule has 2 atom stereocenters. The first-order chi connectivity index (χ1) is 6.02. The van der Waals surface area contributed by atoms with Crippen LogP contribution in [0.4, 0.5) is 0 Å². The lowest BCUT2D eigenvalue weighted by Gasteiger charge is -2.16. The van der Waals surface area contributed by atoms with Crippen LogP contribution in [-0.4, -0.2) is 16.3 Å². The predicted octanol–water partition coefficient (Wildman–Crippen LogP) is 2.17. The lowest BCUT2D eigenvalue weighted by atomic mass is 10.0. The van der Waals surface area contributed by atoms with E-state index >= 15 is 0 Å². The summed E-state index contributed by atoms with van der Waals surface area (Å²) in [4.78, 5) is 0. The summed E-state index contributed by atoms with van der Waals surface area (Å²) in [6.07, 6.45) is -1.55. The van der Waals surface area contributed by atoms with Crippen molar-refractivity contribution in [1.82, 2.24) is 0 Å². The van der Waals surface area contributed by atoms with Crippen molar-refractivity contribution in [3.63, 3.8) is 0 Å². The molecule has 1 rings (SSSR count). The molecule has 0 aromatic heterocycles. The monoisotopic (exact) mass is 244 g/mol. The topological polar surface area (TPSA) is 40.5 Å². The highest BCUT2D eigenvalue weighted by molar-refractivity contribution is 9.10. The molecule has 0 bridgehead atoms. The van der Waals surface area contributed by atoms with Crippen molar-refractivity contribution < 1.29 is 10.2 Å². The molecule has 0 aliphatic rings. The van der Waals surface area contributed by atoms with Crippen LogP contribution in [0.15, 0.2) is 22.7 Å². The zero-order valence-corrected chi connectivity index (χ0v) is 9.25. The first kappa shape index (κ1) is 10.7. The summed E-state index contributed by atoms with van der Waals surface area (Å²) in [6, 6.07) is 5.64. The molecule has 0 saturated heterocycles. The van der Waals surface area contributed by atoms with E-state index in [9.17, 15) is 10.2 Å². The molecule has 0 amide bonds. The Morgan fingerprint density at radius 2 is 1.92 bits per heavy atom. The fourth-order valence-electron chi connectivity index (χ4n) is 1.19. The summed E-state index contributed by atoms with van der Waals surface area (Å²) in [6.45, 7) is 3.48. The Morgan fingerprint density at radius 3 is 2.46 bits per heavy atom. The molecule has 2 N–H and O–H groups in total. The molecule has 72 valence electrons. The number of hydrogen-bond donors (Lipinski definition) is 2. The predicted molar refractivity (Wildman–Crippen MR) is 55.5 cm³/mol. The number of halogens is 1. The quantitative estimate of drug-likeness (QED) is 0.838. The minimum atomic E-state index is -0.808. The summed E-state index contributed by atoms with van der Waals surface area (Å²) in [5.74, 6) is 0. The number of hydrogen-bond acceptors (Lipinski definition) is 2. The average molecular weight is 245 g/mol. The Labute approximate surface area is 86.3 Å². The molecule has 0 saturated carbocycles. The summed E-state index contributed by atoms with van der Waals surface area (Å²) in [5, 5.41) is 18.9. The second kappa shape index (κ2) is 4.22. The Bertz CT molecular complexity index is 297. The van der Waals surface area contributed by atoms with Crippen LogP contribution >= 0.6 is 15.9 Å². The number of aryl methyl sites for hydroxylation is 1. The van der Waals surface area contributed by atoms with Gasteiger partial charge in [-0.15, -0.1) is 0 Å². The third kappa shape index (κ3) is 2.53. The van der Waals surface area contributed by atoms with Gasteiger partial charge in [0.2, 0.25) is 0 Å². The minimum absolute atomic E-state index is 0.743. The van der Waals surface area contributed by atoms with Gasteiger partial charge in [0.05, 0.1) is 6.10 Å². The first-order valence-corrected chi connectivity index (χ1v) is 4.94. The van der Waals surface area contributed by atoms with Crippen LogP contribution in [0.2, 0.25) is 0 Å². The van der Waals surface area contributed by atoms with Gasteiger partial charge >= 0.3 is 0 Å². The lowest BCUT2D eigenvalue weighted by molar-refractivity contribution is 0.0301. The summed E-state index contributed by atoms with van der Waals surface area (Å²) < 4.78 is 0.910. The van der Waals surface area contributed by atoms with Crippen LogP contribution in [0, 0.1) is 6.92 Å². The molecular weight excluding hydrogens is 232 g/mol. The number of rotatable bonds is 2. The zero-order chi connectivity index (χ0) is 10.0. The van der Waals surface area contributed by atoms with Crippen LogP contribution in [0.3, 0.4) is 0 Å². The molecule has 13 heavy (non-hydrogen) atoms. The summed E-state index contributed by atoms with van der Waals surface area (Å²) >= 11 is 3.32. The maximum Gasteiger partial charge on any atom is 0.105 e. The standard InChI is InChI=1S/C10H13BrO2/c1-6-3-4-8(11)5-9(6)10(13)7(2)12/h3-5,7,10,12-13H,1-2H3. The van der Waals surface area contributed by atoms with Crippen molar-refractivity contribution in [2.45, 2.75) is 26.1 Å². The van der Waals surface area contributed by atoms with E-state index in [2.05, 4.69) is 15.9 Å². The van der Waals surface area contributed by atoms with Crippen molar-refractivity contribution >= 4 is 15.9 Å². The molecule has 0 radical (unpaired) electrons. The first-order valence-electron chi connectivity index (χ1n) is 4.14. The van der Waals surface area contributed by atoms with E-state index in [1.807, 2.05) is 25.1 Å². The van der Waals surface area contributed by atoms with Crippen LogP contribution in [0.5, 0.6) is 0 Å². The highest BCUT2D eigenvalue weighted by Crippen LogP contribution is 2.24. The molecular formula is C10H13BrO2. The van der Waals surface area contributed by atoms with Gasteiger partial charge in [0.25, 0.3) is 0 Å². The van der Waals surface area contributed by atoms with Gasteiger partial charge in [0, 0.05) is 4.47 Å². The van der Waals surface area contributed by atoms with Crippen molar-refractivity contribution in [1.29, 1.82) is 0 Å². The molecule has 0 heterocycles. The molecule has 0 spiro atoms. The van der Waals surface area contributed by atoms with E-state index < -0.39 is 12.2 Å². The lowest BCUT2D eigenvalue weighted by Crippen LogP contribution is -2.14. The van der Waals surface area contributed by atoms with Crippen LogP contribution in [0.25, 0.3) is 0 Å². The van der Waals surface area contributed by atoms with Gasteiger partial charge < -0.3 is 10.2 Å². The van der Waals surface area contributed by atoms with Crippen molar-refractivity contribution in [3.05, 3.63) is 33.8 Å². The van der Waals surface area contributed by atoms with E-state index in [4.69, 9.17) is 0 Å². The number of aliphatic hydroxyl groups is 2. The van der Waals surface area contributed by atoms with Crippen molar-refractivity contribution in [2.24, 2.45) is 0 Å². The average Bonchev–Trinajstić information content (AvgIpc) is 2.08. The summed E-state index contributed by atoms with van der Waals surface area (Å²) in [5.41, 5.74) is 1.75. The van der Waals surface area contributed by atoms with E-state index in [0.717, 1.165) is 15.6 Å². The highest BCUT2D eigenvalue weighted by atomic mass is 79.9. The van der Waals surface area contributed by atoms with Gasteiger partial charge in [0.15, 0.2) is 0 Å². The number of benzene rings is 1. The Morgan fingerprint density at radius 1 is 1.31 bits per heavy atom. The van der Waals surface area contributed by atoms with Crippen LogP contribution in [0.1, 0.15) is 24.2 Å². The fourth-order valence-corrected chi connectivity index (χ4v) is 1.57. The van der Waals surface area contributed by atoms with Crippen molar-refractivity contribution in [2.75, 3.05) is 0 Å². The third-order valence-corrected chi connectivity index (χ3v) is 2.51. The Balaban J connectivity index is 3.05. The maximum absolute atomic E-state index is 9.63. The molecule has 0 fully saturated rings. The van der Waals surface area contributed by atoms with E-state index in [1.54, 1.807) is 6.92 Å². The van der Waals surface area contributed by atoms with Gasteiger partial charge in [-0.25, -0.2) is 0 Å². The molecule has 2 unspecified atom stereocenters. The van der Waals surface area contributed by atoms with E-state index in [-0.39, 0.29) is 0 Å². The smallest absolute Gasteiger partial charge is 0.105 e.